The van der Waals surface area contributed by atoms with Crippen LogP contribution in [0.5, 0.6) is 11.5 Å². The van der Waals surface area contributed by atoms with Crippen molar-refractivity contribution in [3.05, 3.63) is 83.4 Å². The number of alkyl halides is 3. The number of rotatable bonds is 6. The van der Waals surface area contributed by atoms with E-state index in [1.165, 1.54) is 12.1 Å². The Morgan fingerprint density at radius 2 is 1.60 bits per heavy atom. The lowest BCUT2D eigenvalue weighted by Gasteiger charge is -2.35. The Bertz CT molecular complexity index is 1510. The van der Waals surface area contributed by atoms with Crippen LogP contribution in [0.2, 0.25) is 0 Å². The van der Waals surface area contributed by atoms with Gasteiger partial charge in [-0.3, -0.25) is 9.69 Å². The lowest BCUT2D eigenvalue weighted by atomic mass is 10.1. The van der Waals surface area contributed by atoms with Gasteiger partial charge < -0.3 is 18.9 Å². The third-order valence-corrected chi connectivity index (χ3v) is 7.00. The van der Waals surface area contributed by atoms with Crippen molar-refractivity contribution in [2.75, 3.05) is 33.0 Å². The smallest absolute Gasteiger partial charge is 0.416 e. The number of carbonyl (C=O) groups excluding carboxylic acids is 1. The number of carbonyl (C=O) groups is 1. The predicted octanol–water partition coefficient (Wildman–Crippen LogP) is 5.04. The maximum atomic E-state index is 13.0. The molecular weight excluding hydrogens is 525 g/mol. The van der Waals surface area contributed by atoms with Crippen LogP contribution in [0.1, 0.15) is 16.7 Å². The van der Waals surface area contributed by atoms with Crippen molar-refractivity contribution in [3.63, 3.8) is 0 Å². The fourth-order valence-corrected chi connectivity index (χ4v) is 4.80. The number of aromatic nitrogens is 2. The van der Waals surface area contributed by atoms with Crippen molar-refractivity contribution in [1.82, 2.24) is 19.9 Å². The second-order valence-corrected chi connectivity index (χ2v) is 9.72. The van der Waals surface area contributed by atoms with Crippen LogP contribution in [0.25, 0.3) is 22.8 Å². The number of hydrogen-bond acceptors (Lipinski definition) is 7. The van der Waals surface area contributed by atoms with Crippen molar-refractivity contribution >= 4 is 5.91 Å². The van der Waals surface area contributed by atoms with E-state index in [9.17, 15) is 18.0 Å². The number of benzene rings is 3. The molecule has 3 aromatic carbocycles. The topological polar surface area (TPSA) is 80.9 Å². The van der Waals surface area contributed by atoms with Gasteiger partial charge in [0.15, 0.2) is 11.5 Å². The van der Waals surface area contributed by atoms with Gasteiger partial charge in [0.1, 0.15) is 0 Å². The fraction of sp³-hybridized carbons (Fsp3) is 0.276. The maximum absolute atomic E-state index is 13.0. The van der Waals surface area contributed by atoms with Crippen LogP contribution in [0, 0.1) is 0 Å². The molecule has 1 fully saturated rings. The van der Waals surface area contributed by atoms with Gasteiger partial charge in [0.05, 0.1) is 12.0 Å². The standard InChI is InChI=1S/C29H25F3N4O4/c30-29(31,32)23-3-1-2-22(16-23)28-33-27(34-40-28)21-7-4-19(5-8-21)17-35-10-12-36(13-11-35)26(37)15-20-6-9-24-25(14-20)39-18-38-24/h1-9,14,16H,10-13,15,17-18H2. The highest BCUT2D eigenvalue weighted by atomic mass is 19.4. The number of hydrogen-bond donors (Lipinski definition) is 0. The summed E-state index contributed by atoms with van der Waals surface area (Å²) >= 11 is 0. The molecule has 1 amide bonds. The van der Waals surface area contributed by atoms with Crippen LogP contribution in [-0.4, -0.2) is 58.8 Å². The van der Waals surface area contributed by atoms with E-state index in [1.807, 2.05) is 47.4 Å². The predicted molar refractivity (Wildman–Crippen MR) is 138 cm³/mol. The lowest BCUT2D eigenvalue weighted by molar-refractivity contribution is -0.137. The van der Waals surface area contributed by atoms with Crippen LogP contribution >= 0.6 is 0 Å². The highest BCUT2D eigenvalue weighted by molar-refractivity contribution is 5.79. The van der Waals surface area contributed by atoms with Gasteiger partial charge in [0.25, 0.3) is 5.89 Å². The molecule has 6 rings (SSSR count). The minimum atomic E-state index is -4.45. The van der Waals surface area contributed by atoms with Crippen LogP contribution in [-0.2, 0) is 23.9 Å². The Morgan fingerprint density at radius 1 is 0.850 bits per heavy atom. The number of ether oxygens (including phenoxy) is 2. The maximum Gasteiger partial charge on any atom is 0.416 e. The molecule has 0 saturated carbocycles. The summed E-state index contributed by atoms with van der Waals surface area (Å²) in [5.74, 6) is 1.80. The molecule has 4 aromatic rings. The van der Waals surface area contributed by atoms with Gasteiger partial charge in [0, 0.05) is 43.9 Å². The molecule has 0 aliphatic carbocycles. The average Bonchev–Trinajstić information content (AvgIpc) is 3.64. The zero-order valence-corrected chi connectivity index (χ0v) is 21.4. The zero-order chi connectivity index (χ0) is 27.7. The molecule has 0 N–H and O–H groups in total. The number of halogens is 3. The summed E-state index contributed by atoms with van der Waals surface area (Å²) in [6.07, 6.45) is -4.13. The highest BCUT2D eigenvalue weighted by Gasteiger charge is 2.31. The van der Waals surface area contributed by atoms with E-state index in [4.69, 9.17) is 14.0 Å². The van der Waals surface area contributed by atoms with Crippen LogP contribution < -0.4 is 9.47 Å². The van der Waals surface area contributed by atoms with Crippen LogP contribution in [0.15, 0.2) is 71.3 Å². The third-order valence-electron chi connectivity index (χ3n) is 7.00. The van der Waals surface area contributed by atoms with Crippen LogP contribution in [0.4, 0.5) is 13.2 Å². The molecule has 1 aromatic heterocycles. The van der Waals surface area contributed by atoms with Crippen molar-refractivity contribution in [1.29, 1.82) is 0 Å². The van der Waals surface area contributed by atoms with Gasteiger partial charge in [0.2, 0.25) is 18.5 Å². The van der Waals surface area contributed by atoms with Gasteiger partial charge >= 0.3 is 6.18 Å². The molecular formula is C29H25F3N4O4. The van der Waals surface area contributed by atoms with Gasteiger partial charge in [-0.05, 0) is 41.5 Å². The van der Waals surface area contributed by atoms with E-state index in [2.05, 4.69) is 15.0 Å². The molecule has 1 saturated heterocycles. The number of amides is 1. The summed E-state index contributed by atoms with van der Waals surface area (Å²) < 4.78 is 55.1. The first-order valence-electron chi connectivity index (χ1n) is 12.8. The minimum Gasteiger partial charge on any atom is -0.454 e. The first-order valence-corrected chi connectivity index (χ1v) is 12.8. The summed E-state index contributed by atoms with van der Waals surface area (Å²) in [6.45, 7) is 3.77. The molecule has 2 aliphatic heterocycles. The summed E-state index contributed by atoms with van der Waals surface area (Å²) in [4.78, 5) is 21.3. The van der Waals surface area contributed by atoms with E-state index in [1.54, 1.807) is 0 Å². The molecule has 0 spiro atoms. The minimum absolute atomic E-state index is 0.0242. The molecule has 3 heterocycles. The number of fused-ring (bicyclic) bond motifs is 1. The third kappa shape index (κ3) is 5.64. The first-order chi connectivity index (χ1) is 19.3. The Balaban J connectivity index is 1.02. The molecule has 0 unspecified atom stereocenters. The Labute approximate surface area is 227 Å². The fourth-order valence-electron chi connectivity index (χ4n) is 4.80. The average molecular weight is 551 g/mol. The van der Waals surface area contributed by atoms with Gasteiger partial charge in [-0.1, -0.05) is 41.6 Å². The summed E-state index contributed by atoms with van der Waals surface area (Å²) in [5, 5.41) is 3.94. The van der Waals surface area contributed by atoms with E-state index in [-0.39, 0.29) is 24.2 Å². The quantitative estimate of drug-likeness (QED) is 0.333. The monoisotopic (exact) mass is 550 g/mol. The Morgan fingerprint density at radius 3 is 2.38 bits per heavy atom. The normalized spacial score (nSPS) is 15.4. The summed E-state index contributed by atoms with van der Waals surface area (Å²) in [6, 6.07) is 18.0. The van der Waals surface area contributed by atoms with E-state index in [0.717, 1.165) is 42.9 Å². The van der Waals surface area contributed by atoms with Crippen molar-refractivity contribution in [3.8, 4) is 34.3 Å². The first kappa shape index (κ1) is 25.9. The van der Waals surface area contributed by atoms with E-state index < -0.39 is 11.7 Å². The SMILES string of the molecule is O=C(Cc1ccc2c(c1)OCO2)N1CCN(Cc2ccc(-c3noc(-c4cccc(C(F)(F)F)c4)n3)cc2)CC1. The molecule has 0 bridgehead atoms. The van der Waals surface area contributed by atoms with Gasteiger partial charge in [-0.15, -0.1) is 0 Å². The molecule has 0 radical (unpaired) electrons. The van der Waals surface area contributed by atoms with E-state index in [0.29, 0.717) is 42.4 Å². The second kappa shape index (κ2) is 10.6. The largest absolute Gasteiger partial charge is 0.454 e. The number of nitrogens with zero attached hydrogens (tertiary/aromatic N) is 4. The zero-order valence-electron chi connectivity index (χ0n) is 21.4. The molecule has 40 heavy (non-hydrogen) atoms. The van der Waals surface area contributed by atoms with Gasteiger partial charge in [-0.25, -0.2) is 0 Å². The summed E-state index contributed by atoms with van der Waals surface area (Å²) in [7, 11) is 0. The Kier molecular flexibility index (Phi) is 6.89. The highest BCUT2D eigenvalue weighted by Crippen LogP contribution is 2.33. The number of piperazine rings is 1. The van der Waals surface area contributed by atoms with E-state index >= 15 is 0 Å². The summed E-state index contributed by atoms with van der Waals surface area (Å²) in [5.41, 5.74) is 2.12. The molecule has 2 aliphatic rings. The van der Waals surface area contributed by atoms with Gasteiger partial charge in [-0.2, -0.15) is 18.2 Å². The van der Waals surface area contributed by atoms with Crippen LogP contribution in [0.3, 0.4) is 0 Å². The molecule has 8 nitrogen and oxygen atoms in total. The van der Waals surface area contributed by atoms with Crippen molar-refractivity contribution < 1.29 is 32.0 Å². The van der Waals surface area contributed by atoms with Crippen molar-refractivity contribution in [2.24, 2.45) is 0 Å². The van der Waals surface area contributed by atoms with Crippen molar-refractivity contribution in [2.45, 2.75) is 19.1 Å². The molecule has 11 heteroatoms. The molecule has 0 atom stereocenters. The second-order valence-electron chi connectivity index (χ2n) is 9.72. The molecule has 206 valence electrons. The lowest BCUT2D eigenvalue weighted by Crippen LogP contribution is -2.48. The Hall–Kier alpha value is -4.38.